The highest BCUT2D eigenvalue weighted by Crippen LogP contribution is 2.32. The van der Waals surface area contributed by atoms with Crippen LogP contribution in [-0.2, 0) is 4.74 Å². The van der Waals surface area contributed by atoms with E-state index < -0.39 is 0 Å². The number of nitrogens with one attached hydrogen (secondary N) is 2. The number of methoxy groups -OCH3 is 1. The van der Waals surface area contributed by atoms with Crippen molar-refractivity contribution in [2.45, 2.75) is 18.9 Å². The third kappa shape index (κ3) is 3.42. The van der Waals surface area contributed by atoms with E-state index in [-0.39, 0.29) is 16.8 Å². The van der Waals surface area contributed by atoms with Crippen LogP contribution in [0.5, 0.6) is 0 Å². The summed E-state index contributed by atoms with van der Waals surface area (Å²) in [6, 6.07) is 7.14. The minimum absolute atomic E-state index is 0.0845. The van der Waals surface area contributed by atoms with E-state index in [0.29, 0.717) is 24.0 Å². The summed E-state index contributed by atoms with van der Waals surface area (Å²) in [6.07, 6.45) is 2.30. The molecular weight excluding hydrogens is 302 g/mol. The predicted octanol–water partition coefficient (Wildman–Crippen LogP) is 2.55. The van der Waals surface area contributed by atoms with Gasteiger partial charge in [0.1, 0.15) is 0 Å². The Kier molecular flexibility index (Phi) is 4.35. The Morgan fingerprint density at radius 3 is 2.77 bits per heavy atom. The van der Waals surface area contributed by atoms with Gasteiger partial charge in [0.2, 0.25) is 5.89 Å². The zero-order valence-electron chi connectivity index (χ0n) is 12.2. The number of benzene rings is 1. The maximum Gasteiger partial charge on any atom is 0.284 e. The number of ether oxygens (including phenoxy) is 1. The fraction of sp³-hybridized carbons (Fsp3) is 0.400. The van der Waals surface area contributed by atoms with Crippen LogP contribution in [-0.4, -0.2) is 35.9 Å². The van der Waals surface area contributed by atoms with Gasteiger partial charge in [-0.3, -0.25) is 4.79 Å². The van der Waals surface area contributed by atoms with E-state index >= 15 is 0 Å². The number of rotatable bonds is 6. The van der Waals surface area contributed by atoms with Gasteiger partial charge in [0.25, 0.3) is 10.7 Å². The second kappa shape index (κ2) is 6.41. The maximum absolute atomic E-state index is 12.3. The highest BCUT2D eigenvalue weighted by atomic mass is 32.1. The Morgan fingerprint density at radius 1 is 1.50 bits per heavy atom. The molecule has 7 heteroatoms. The Balaban J connectivity index is 1.69. The number of carbonyl (C=O) groups is 1. The van der Waals surface area contributed by atoms with Gasteiger partial charge < -0.3 is 14.5 Å². The molecule has 1 heterocycles. The molecule has 0 radical (unpaired) electrons. The lowest BCUT2D eigenvalue weighted by Gasteiger charge is -2.17. The van der Waals surface area contributed by atoms with Crippen molar-refractivity contribution in [1.82, 2.24) is 15.5 Å². The highest BCUT2D eigenvalue weighted by Gasteiger charge is 2.32. The van der Waals surface area contributed by atoms with Crippen molar-refractivity contribution < 1.29 is 13.9 Å². The van der Waals surface area contributed by atoms with Gasteiger partial charge in [-0.05, 0) is 55.2 Å². The molecule has 1 atom stereocenters. The molecule has 1 aliphatic carbocycles. The average molecular weight is 319 g/mol. The van der Waals surface area contributed by atoms with Gasteiger partial charge in [0.15, 0.2) is 0 Å². The van der Waals surface area contributed by atoms with E-state index in [4.69, 9.17) is 21.4 Å². The van der Waals surface area contributed by atoms with Gasteiger partial charge in [-0.25, -0.2) is 5.10 Å². The largest absolute Gasteiger partial charge is 0.409 e. The Morgan fingerprint density at radius 2 is 2.23 bits per heavy atom. The van der Waals surface area contributed by atoms with Gasteiger partial charge in [0, 0.05) is 18.2 Å². The molecular formula is C15H17N3O3S. The first-order chi connectivity index (χ1) is 10.7. The molecule has 1 aromatic carbocycles. The van der Waals surface area contributed by atoms with E-state index in [2.05, 4.69) is 15.5 Å². The molecule has 0 unspecified atom stereocenters. The van der Waals surface area contributed by atoms with Crippen molar-refractivity contribution in [3.63, 3.8) is 0 Å². The lowest BCUT2D eigenvalue weighted by molar-refractivity contribution is 0.0884. The highest BCUT2D eigenvalue weighted by molar-refractivity contribution is 7.71. The number of hydrogen-bond donors (Lipinski definition) is 2. The minimum Gasteiger partial charge on any atom is -0.409 e. The molecule has 116 valence electrons. The minimum atomic E-state index is -0.0941. The third-order valence-electron chi connectivity index (χ3n) is 3.69. The van der Waals surface area contributed by atoms with Gasteiger partial charge in [-0.2, -0.15) is 0 Å². The molecule has 1 fully saturated rings. The van der Waals surface area contributed by atoms with Crippen LogP contribution in [0.2, 0.25) is 0 Å². The number of amides is 1. The average Bonchev–Trinajstić information content (AvgIpc) is 3.28. The van der Waals surface area contributed by atoms with Crippen molar-refractivity contribution in [2.24, 2.45) is 5.92 Å². The van der Waals surface area contributed by atoms with Crippen LogP contribution < -0.4 is 5.32 Å². The van der Waals surface area contributed by atoms with Crippen molar-refractivity contribution in [3.05, 3.63) is 34.7 Å². The van der Waals surface area contributed by atoms with Gasteiger partial charge in [0.05, 0.1) is 12.6 Å². The van der Waals surface area contributed by atoms with Crippen molar-refractivity contribution in [2.75, 3.05) is 13.7 Å². The smallest absolute Gasteiger partial charge is 0.284 e. The zero-order chi connectivity index (χ0) is 15.5. The van der Waals surface area contributed by atoms with Crippen LogP contribution in [0.4, 0.5) is 0 Å². The van der Waals surface area contributed by atoms with E-state index in [1.54, 1.807) is 31.4 Å². The number of nitrogens with zero attached hydrogens (tertiary/aromatic N) is 1. The molecule has 1 saturated carbocycles. The zero-order valence-corrected chi connectivity index (χ0v) is 13.0. The summed E-state index contributed by atoms with van der Waals surface area (Å²) >= 11 is 4.84. The van der Waals surface area contributed by atoms with Crippen LogP contribution in [0.15, 0.2) is 28.7 Å². The summed E-state index contributed by atoms with van der Waals surface area (Å²) < 4.78 is 10.4. The third-order valence-corrected chi connectivity index (χ3v) is 3.86. The van der Waals surface area contributed by atoms with E-state index in [0.717, 1.165) is 18.4 Å². The quantitative estimate of drug-likeness (QED) is 0.800. The molecule has 22 heavy (non-hydrogen) atoms. The first-order valence-electron chi connectivity index (χ1n) is 7.13. The molecule has 1 amide bonds. The topological polar surface area (TPSA) is 80.1 Å². The van der Waals surface area contributed by atoms with Crippen LogP contribution in [0.3, 0.4) is 0 Å². The molecule has 0 aliphatic heterocycles. The van der Waals surface area contributed by atoms with Crippen molar-refractivity contribution >= 4 is 18.1 Å². The molecule has 6 nitrogen and oxygen atoms in total. The SMILES string of the molecule is COC[C@H](NC(=O)c1ccc(-c2n[nH]c(=S)o2)cc1)C1CC1. The molecule has 3 rings (SSSR count). The fourth-order valence-corrected chi connectivity index (χ4v) is 2.47. The molecule has 1 aromatic heterocycles. The normalized spacial score (nSPS) is 15.5. The Hall–Kier alpha value is -1.99. The number of hydrogen-bond acceptors (Lipinski definition) is 5. The summed E-state index contributed by atoms with van der Waals surface area (Å²) in [7, 11) is 1.65. The first kappa shape index (κ1) is 14.9. The predicted molar refractivity (Wildman–Crippen MR) is 83.0 cm³/mol. The Labute approximate surface area is 132 Å². The lowest BCUT2D eigenvalue weighted by atomic mass is 10.1. The standard InChI is InChI=1S/C15H17N3O3S/c1-20-8-12(9-2-3-9)16-13(19)10-4-6-11(7-5-10)14-17-18-15(22)21-14/h4-7,9,12H,2-3,8H2,1H3,(H,16,19)(H,18,22)/t12-/m0/s1. The molecule has 0 bridgehead atoms. The lowest BCUT2D eigenvalue weighted by Crippen LogP contribution is -2.39. The summed E-state index contributed by atoms with van der Waals surface area (Å²) in [4.78, 5) is 12.5. The second-order valence-electron chi connectivity index (χ2n) is 5.37. The molecule has 2 aromatic rings. The van der Waals surface area contributed by atoms with Crippen LogP contribution in [0, 0.1) is 10.8 Å². The summed E-state index contributed by atoms with van der Waals surface area (Å²) in [6.45, 7) is 0.544. The number of aromatic nitrogens is 2. The van der Waals surface area contributed by atoms with Crippen molar-refractivity contribution in [1.29, 1.82) is 0 Å². The van der Waals surface area contributed by atoms with Crippen LogP contribution in [0.25, 0.3) is 11.5 Å². The van der Waals surface area contributed by atoms with Crippen LogP contribution >= 0.6 is 12.2 Å². The maximum atomic E-state index is 12.3. The van der Waals surface area contributed by atoms with E-state index in [9.17, 15) is 4.79 Å². The number of H-pyrrole nitrogens is 1. The second-order valence-corrected chi connectivity index (χ2v) is 5.74. The summed E-state index contributed by atoms with van der Waals surface area (Å²) in [5.74, 6) is 0.854. The molecule has 0 spiro atoms. The molecule has 0 saturated heterocycles. The summed E-state index contributed by atoms with van der Waals surface area (Å²) in [5, 5.41) is 9.55. The Bertz CT molecular complexity index is 703. The van der Waals surface area contributed by atoms with Gasteiger partial charge in [-0.15, -0.1) is 5.10 Å². The molecule has 2 N–H and O–H groups in total. The fourth-order valence-electron chi connectivity index (χ4n) is 2.34. The number of carbonyl (C=O) groups excluding carboxylic acids is 1. The van der Waals surface area contributed by atoms with Crippen LogP contribution in [0.1, 0.15) is 23.2 Å². The van der Waals surface area contributed by atoms with Gasteiger partial charge >= 0.3 is 0 Å². The van der Waals surface area contributed by atoms with Gasteiger partial charge in [-0.1, -0.05) is 0 Å². The monoisotopic (exact) mass is 319 g/mol. The van der Waals surface area contributed by atoms with Crippen molar-refractivity contribution in [3.8, 4) is 11.5 Å². The first-order valence-corrected chi connectivity index (χ1v) is 7.54. The number of aromatic amines is 1. The molecule has 1 aliphatic rings. The van der Waals surface area contributed by atoms with E-state index in [1.165, 1.54) is 0 Å². The van der Waals surface area contributed by atoms with E-state index in [1.807, 2.05) is 0 Å². The summed E-state index contributed by atoms with van der Waals surface area (Å²) in [5.41, 5.74) is 1.36.